The molecule has 0 spiro atoms. The summed E-state index contributed by atoms with van der Waals surface area (Å²) in [6.07, 6.45) is 3.79. The Morgan fingerprint density at radius 3 is 2.24 bits per heavy atom. The molecule has 0 amide bonds. The van der Waals surface area contributed by atoms with Gasteiger partial charge in [0, 0.05) is 36.0 Å². The van der Waals surface area contributed by atoms with Crippen molar-refractivity contribution < 1.29 is 8.42 Å². The number of sulfonamides is 1. The molecular weight excluding hydrogens is 464 g/mol. The summed E-state index contributed by atoms with van der Waals surface area (Å²) in [5, 5.41) is 3.30. The average molecular weight is 491 g/mol. The molecule has 0 bridgehead atoms. The Kier molecular flexibility index (Phi) is 5.59. The standard InChI is InChI=1S/C26H26N4O2S2/c31-34(32,21-9-5-2-6-10-21)29-20-13-15-30(16-14-20)25-23-22(18-7-3-1-4-8-18)17-33-26(23)28-24(27-25)19-11-12-19/h1-10,17,19-20,29H,11-16H2. The number of rotatable bonds is 6. The van der Waals surface area contributed by atoms with E-state index in [1.165, 1.54) is 11.1 Å². The third-order valence-corrected chi connectivity index (χ3v) is 9.04. The largest absolute Gasteiger partial charge is 0.356 e. The number of hydrogen-bond donors (Lipinski definition) is 1. The van der Waals surface area contributed by atoms with Gasteiger partial charge in [0.2, 0.25) is 10.0 Å². The van der Waals surface area contributed by atoms with Crippen molar-refractivity contribution in [1.82, 2.24) is 14.7 Å². The van der Waals surface area contributed by atoms with Crippen LogP contribution in [-0.4, -0.2) is 37.5 Å². The maximum atomic E-state index is 12.8. The van der Waals surface area contributed by atoms with E-state index in [-0.39, 0.29) is 6.04 Å². The number of thiophene rings is 1. The molecule has 2 fully saturated rings. The van der Waals surface area contributed by atoms with Crippen molar-refractivity contribution in [3.63, 3.8) is 0 Å². The lowest BCUT2D eigenvalue weighted by Crippen LogP contribution is -2.45. The molecule has 34 heavy (non-hydrogen) atoms. The van der Waals surface area contributed by atoms with Crippen LogP contribution in [0.15, 0.2) is 70.9 Å². The number of fused-ring (bicyclic) bond motifs is 1. The van der Waals surface area contributed by atoms with E-state index in [1.54, 1.807) is 35.6 Å². The molecule has 0 atom stereocenters. The van der Waals surface area contributed by atoms with Crippen LogP contribution in [0.1, 0.15) is 37.4 Å². The van der Waals surface area contributed by atoms with Gasteiger partial charge in [-0.15, -0.1) is 11.3 Å². The number of piperidine rings is 1. The number of aromatic nitrogens is 2. The molecule has 2 aliphatic rings. The molecule has 2 aromatic heterocycles. The van der Waals surface area contributed by atoms with Gasteiger partial charge in [-0.1, -0.05) is 48.5 Å². The van der Waals surface area contributed by atoms with Crippen LogP contribution in [-0.2, 0) is 10.0 Å². The minimum absolute atomic E-state index is 0.0854. The molecule has 0 unspecified atom stereocenters. The van der Waals surface area contributed by atoms with Crippen molar-refractivity contribution >= 4 is 37.4 Å². The van der Waals surface area contributed by atoms with Crippen molar-refractivity contribution in [1.29, 1.82) is 0 Å². The van der Waals surface area contributed by atoms with Crippen molar-refractivity contribution in [3.05, 3.63) is 71.9 Å². The van der Waals surface area contributed by atoms with Gasteiger partial charge < -0.3 is 4.90 Å². The molecule has 0 radical (unpaired) electrons. The van der Waals surface area contributed by atoms with E-state index in [2.05, 4.69) is 39.3 Å². The predicted octanol–water partition coefficient (Wildman–Crippen LogP) is 5.18. The molecule has 3 heterocycles. The maximum absolute atomic E-state index is 12.8. The van der Waals surface area contributed by atoms with Crippen molar-refractivity contribution in [2.24, 2.45) is 0 Å². The second-order valence-electron chi connectivity index (χ2n) is 9.07. The van der Waals surface area contributed by atoms with Crippen LogP contribution in [0.25, 0.3) is 21.3 Å². The molecule has 2 aromatic carbocycles. The number of anilines is 1. The quantitative estimate of drug-likeness (QED) is 0.403. The highest BCUT2D eigenvalue weighted by Gasteiger charge is 2.31. The number of nitrogens with zero attached hydrogens (tertiary/aromatic N) is 3. The Hall–Kier alpha value is -2.81. The molecule has 8 heteroatoms. The van der Waals surface area contributed by atoms with Gasteiger partial charge in [-0.05, 0) is 43.4 Å². The average Bonchev–Trinajstić information content (AvgIpc) is 3.64. The van der Waals surface area contributed by atoms with Gasteiger partial charge in [0.05, 0.1) is 10.3 Å². The van der Waals surface area contributed by atoms with Crippen LogP contribution in [0.3, 0.4) is 0 Å². The molecule has 6 nitrogen and oxygen atoms in total. The number of hydrogen-bond acceptors (Lipinski definition) is 6. The van der Waals surface area contributed by atoms with E-state index >= 15 is 0 Å². The van der Waals surface area contributed by atoms with E-state index in [4.69, 9.17) is 9.97 Å². The van der Waals surface area contributed by atoms with Gasteiger partial charge in [-0.2, -0.15) is 0 Å². The zero-order valence-electron chi connectivity index (χ0n) is 18.7. The van der Waals surface area contributed by atoms with E-state index in [1.807, 2.05) is 12.1 Å². The van der Waals surface area contributed by atoms with Crippen molar-refractivity contribution in [3.8, 4) is 11.1 Å². The number of benzene rings is 2. The second kappa shape index (κ2) is 8.76. The summed E-state index contributed by atoms with van der Waals surface area (Å²) in [6, 6.07) is 18.9. The van der Waals surface area contributed by atoms with Crippen LogP contribution >= 0.6 is 11.3 Å². The van der Waals surface area contributed by atoms with Gasteiger partial charge in [0.1, 0.15) is 16.5 Å². The Bertz CT molecular complexity index is 1410. The fourth-order valence-corrected chi connectivity index (χ4v) is 6.89. The fraction of sp³-hybridized carbons (Fsp3) is 0.308. The van der Waals surface area contributed by atoms with Crippen molar-refractivity contribution in [2.45, 2.75) is 42.5 Å². The molecule has 6 rings (SSSR count). The minimum atomic E-state index is -3.51. The van der Waals surface area contributed by atoms with Gasteiger partial charge in [-0.3, -0.25) is 0 Å². The zero-order chi connectivity index (χ0) is 23.1. The van der Waals surface area contributed by atoms with Crippen LogP contribution in [0, 0.1) is 0 Å². The first-order valence-electron chi connectivity index (χ1n) is 11.8. The fourth-order valence-electron chi connectivity index (χ4n) is 4.62. The Balaban J connectivity index is 1.28. The molecule has 1 aliphatic heterocycles. The van der Waals surface area contributed by atoms with E-state index in [9.17, 15) is 8.42 Å². The molecular formula is C26H26N4O2S2. The van der Waals surface area contributed by atoms with Gasteiger partial charge >= 0.3 is 0 Å². The Morgan fingerprint density at radius 1 is 0.882 bits per heavy atom. The van der Waals surface area contributed by atoms with E-state index < -0.39 is 10.0 Å². The normalized spacial score (nSPS) is 17.4. The zero-order valence-corrected chi connectivity index (χ0v) is 20.4. The van der Waals surface area contributed by atoms with E-state index in [0.29, 0.717) is 10.8 Å². The summed E-state index contributed by atoms with van der Waals surface area (Å²) in [5.74, 6) is 2.42. The molecule has 1 aliphatic carbocycles. The lowest BCUT2D eigenvalue weighted by atomic mass is 10.0. The highest BCUT2D eigenvalue weighted by atomic mass is 32.2. The smallest absolute Gasteiger partial charge is 0.240 e. The van der Waals surface area contributed by atoms with Crippen LogP contribution in [0.5, 0.6) is 0 Å². The Morgan fingerprint density at radius 2 is 1.56 bits per heavy atom. The molecule has 1 N–H and O–H groups in total. The summed E-state index contributed by atoms with van der Waals surface area (Å²) >= 11 is 1.68. The second-order valence-corrected chi connectivity index (χ2v) is 11.6. The van der Waals surface area contributed by atoms with E-state index in [0.717, 1.165) is 60.6 Å². The Labute approximate surface area is 203 Å². The maximum Gasteiger partial charge on any atom is 0.240 e. The highest BCUT2D eigenvalue weighted by molar-refractivity contribution is 7.89. The topological polar surface area (TPSA) is 75.2 Å². The van der Waals surface area contributed by atoms with Gasteiger partial charge in [-0.25, -0.2) is 23.1 Å². The highest BCUT2D eigenvalue weighted by Crippen LogP contribution is 2.43. The van der Waals surface area contributed by atoms with Crippen LogP contribution in [0.2, 0.25) is 0 Å². The summed E-state index contributed by atoms with van der Waals surface area (Å²) in [4.78, 5) is 13.7. The first kappa shape index (κ1) is 21.7. The van der Waals surface area contributed by atoms with Crippen LogP contribution in [0.4, 0.5) is 5.82 Å². The van der Waals surface area contributed by atoms with Gasteiger partial charge in [0.25, 0.3) is 0 Å². The monoisotopic (exact) mass is 490 g/mol. The minimum Gasteiger partial charge on any atom is -0.356 e. The van der Waals surface area contributed by atoms with Crippen molar-refractivity contribution in [2.75, 3.05) is 18.0 Å². The third-order valence-electron chi connectivity index (χ3n) is 6.63. The summed E-state index contributed by atoms with van der Waals surface area (Å²) in [7, 11) is -3.51. The predicted molar refractivity (Wildman–Crippen MR) is 137 cm³/mol. The van der Waals surface area contributed by atoms with Crippen LogP contribution < -0.4 is 9.62 Å². The molecule has 1 saturated heterocycles. The molecule has 4 aromatic rings. The third kappa shape index (κ3) is 4.21. The van der Waals surface area contributed by atoms with Gasteiger partial charge in [0.15, 0.2) is 0 Å². The molecule has 174 valence electrons. The number of nitrogens with one attached hydrogen (secondary N) is 1. The lowest BCUT2D eigenvalue weighted by molar-refractivity contribution is 0.458. The SMILES string of the molecule is O=S(=O)(NC1CCN(c2nc(C3CC3)nc3scc(-c4ccccc4)c23)CC1)c1ccccc1. The summed E-state index contributed by atoms with van der Waals surface area (Å²) in [6.45, 7) is 1.50. The first-order valence-corrected chi connectivity index (χ1v) is 14.1. The summed E-state index contributed by atoms with van der Waals surface area (Å²) < 4.78 is 28.5. The summed E-state index contributed by atoms with van der Waals surface area (Å²) in [5.41, 5.74) is 2.34. The first-order chi connectivity index (χ1) is 16.6. The lowest BCUT2D eigenvalue weighted by Gasteiger charge is -2.33. The molecule has 1 saturated carbocycles.